The van der Waals surface area contributed by atoms with Gasteiger partial charge in [-0.2, -0.15) is 0 Å². The van der Waals surface area contributed by atoms with Crippen LogP contribution in [0.15, 0.2) is 29.3 Å². The lowest BCUT2D eigenvalue weighted by Crippen LogP contribution is -2.27. The summed E-state index contributed by atoms with van der Waals surface area (Å²) in [5.41, 5.74) is 1.99. The molecule has 0 unspecified atom stereocenters. The molecule has 0 heterocycles. The number of aryl methyl sites for hydroxylation is 1. The molecule has 0 bridgehead atoms. The van der Waals surface area contributed by atoms with Gasteiger partial charge in [-0.05, 0) is 50.5 Å². The second kappa shape index (κ2) is 6.84. The summed E-state index contributed by atoms with van der Waals surface area (Å²) in [4.78, 5) is 22.5. The highest BCUT2D eigenvalue weighted by Crippen LogP contribution is 2.10. The Kier molecular flexibility index (Phi) is 5.43. The number of rotatable bonds is 5. The van der Waals surface area contributed by atoms with Gasteiger partial charge in [-0.3, -0.25) is 4.79 Å². The minimum Gasteiger partial charge on any atom is -0.478 e. The van der Waals surface area contributed by atoms with Gasteiger partial charge < -0.3 is 10.4 Å². The van der Waals surface area contributed by atoms with E-state index in [-0.39, 0.29) is 17.0 Å². The molecule has 108 valence electrons. The van der Waals surface area contributed by atoms with E-state index in [2.05, 4.69) is 5.32 Å². The van der Waals surface area contributed by atoms with E-state index in [1.165, 1.54) is 26.0 Å². The number of carbonyl (C=O) groups is 2. The zero-order chi connectivity index (χ0) is 15.3. The molecule has 0 spiro atoms. The van der Waals surface area contributed by atoms with E-state index >= 15 is 0 Å². The normalized spacial score (nSPS) is 11.8. The number of halogens is 1. The fourth-order valence-corrected chi connectivity index (χ4v) is 1.71. The first-order valence-corrected chi connectivity index (χ1v) is 6.27. The highest BCUT2D eigenvalue weighted by atomic mass is 19.1. The lowest BCUT2D eigenvalue weighted by molar-refractivity contribution is -0.133. The van der Waals surface area contributed by atoms with Crippen LogP contribution < -0.4 is 5.32 Å². The second-order valence-corrected chi connectivity index (χ2v) is 4.63. The van der Waals surface area contributed by atoms with Crippen LogP contribution in [0.5, 0.6) is 0 Å². The van der Waals surface area contributed by atoms with Gasteiger partial charge in [0.25, 0.3) is 0 Å². The largest absolute Gasteiger partial charge is 0.478 e. The van der Waals surface area contributed by atoms with Gasteiger partial charge in [0.2, 0.25) is 5.91 Å². The van der Waals surface area contributed by atoms with Gasteiger partial charge in [0.15, 0.2) is 0 Å². The smallest absolute Gasteiger partial charge is 0.331 e. The van der Waals surface area contributed by atoms with Crippen molar-refractivity contribution in [1.82, 2.24) is 5.32 Å². The Bertz CT molecular complexity index is 564. The molecule has 0 aliphatic heterocycles. The van der Waals surface area contributed by atoms with Crippen LogP contribution in [0.4, 0.5) is 4.39 Å². The van der Waals surface area contributed by atoms with E-state index in [0.29, 0.717) is 13.0 Å². The van der Waals surface area contributed by atoms with Crippen molar-refractivity contribution >= 4 is 11.9 Å². The highest BCUT2D eigenvalue weighted by molar-refractivity contribution is 6.01. The van der Waals surface area contributed by atoms with Gasteiger partial charge in [-0.1, -0.05) is 6.07 Å². The molecule has 5 heteroatoms. The van der Waals surface area contributed by atoms with Crippen molar-refractivity contribution in [3.05, 3.63) is 46.3 Å². The number of carbonyl (C=O) groups excluding carboxylic acids is 1. The van der Waals surface area contributed by atoms with Crippen molar-refractivity contribution in [3.63, 3.8) is 0 Å². The predicted octanol–water partition coefficient (Wildman–Crippen LogP) is 2.21. The predicted molar refractivity (Wildman–Crippen MR) is 73.9 cm³/mol. The lowest BCUT2D eigenvalue weighted by Gasteiger charge is -2.09. The molecule has 0 aromatic heterocycles. The average molecular weight is 279 g/mol. The molecule has 1 amide bonds. The standard InChI is InChI=1S/C15H18FNO3/c1-9-8-13(16)5-4-12(9)6-7-17-14(18)10(2)11(3)15(19)20/h4-5,8H,6-7H2,1-3H3,(H,17,18)(H,19,20)/b11-10+. The SMILES string of the molecule is C/C(C(=O)O)=C(/C)C(=O)NCCc1ccc(F)cc1C. The van der Waals surface area contributed by atoms with Crippen LogP contribution in [0.1, 0.15) is 25.0 Å². The number of aliphatic carboxylic acids is 1. The number of carboxylic acids is 1. The maximum atomic E-state index is 12.9. The molecule has 4 nitrogen and oxygen atoms in total. The summed E-state index contributed by atoms with van der Waals surface area (Å²) in [6, 6.07) is 4.50. The number of amides is 1. The summed E-state index contributed by atoms with van der Waals surface area (Å²) in [6.07, 6.45) is 0.567. The van der Waals surface area contributed by atoms with Gasteiger partial charge >= 0.3 is 5.97 Å². The molecule has 0 saturated carbocycles. The van der Waals surface area contributed by atoms with Crippen LogP contribution in [-0.2, 0) is 16.0 Å². The molecular formula is C15H18FNO3. The maximum absolute atomic E-state index is 12.9. The van der Waals surface area contributed by atoms with Gasteiger partial charge in [0.1, 0.15) is 5.82 Å². The van der Waals surface area contributed by atoms with Crippen molar-refractivity contribution in [2.24, 2.45) is 0 Å². The fourth-order valence-electron chi connectivity index (χ4n) is 1.71. The minimum atomic E-state index is -1.10. The Hall–Kier alpha value is -2.17. The van der Waals surface area contributed by atoms with E-state index in [1.807, 2.05) is 0 Å². The fraction of sp³-hybridized carbons (Fsp3) is 0.333. The van der Waals surface area contributed by atoms with E-state index < -0.39 is 11.9 Å². The Morgan fingerprint density at radius 2 is 1.90 bits per heavy atom. The Labute approximate surface area is 117 Å². The molecule has 1 aromatic rings. The summed E-state index contributed by atoms with van der Waals surface area (Å²) in [7, 11) is 0. The molecule has 0 aliphatic carbocycles. The number of nitrogens with one attached hydrogen (secondary N) is 1. The third-order valence-corrected chi connectivity index (χ3v) is 3.21. The highest BCUT2D eigenvalue weighted by Gasteiger charge is 2.12. The number of carboxylic acid groups (broad SMARTS) is 1. The lowest BCUT2D eigenvalue weighted by atomic mass is 10.1. The van der Waals surface area contributed by atoms with Crippen molar-refractivity contribution in [1.29, 1.82) is 0 Å². The van der Waals surface area contributed by atoms with Crippen molar-refractivity contribution < 1.29 is 19.1 Å². The summed E-state index contributed by atoms with van der Waals surface area (Å²) >= 11 is 0. The van der Waals surface area contributed by atoms with Gasteiger partial charge in [0, 0.05) is 17.7 Å². The first-order valence-electron chi connectivity index (χ1n) is 6.27. The van der Waals surface area contributed by atoms with E-state index in [4.69, 9.17) is 5.11 Å². The monoisotopic (exact) mass is 279 g/mol. The first kappa shape index (κ1) is 15.9. The van der Waals surface area contributed by atoms with E-state index in [0.717, 1.165) is 11.1 Å². The third kappa shape index (κ3) is 4.19. The van der Waals surface area contributed by atoms with E-state index in [1.54, 1.807) is 13.0 Å². The molecule has 1 aromatic carbocycles. The molecule has 0 atom stereocenters. The van der Waals surface area contributed by atoms with E-state index in [9.17, 15) is 14.0 Å². The topological polar surface area (TPSA) is 66.4 Å². The van der Waals surface area contributed by atoms with Crippen LogP contribution in [0.2, 0.25) is 0 Å². The molecule has 2 N–H and O–H groups in total. The van der Waals surface area contributed by atoms with Crippen LogP contribution in [0, 0.1) is 12.7 Å². The molecule has 0 radical (unpaired) electrons. The quantitative estimate of drug-likeness (QED) is 0.812. The van der Waals surface area contributed by atoms with Crippen molar-refractivity contribution in [2.75, 3.05) is 6.54 Å². The van der Waals surface area contributed by atoms with Crippen LogP contribution in [-0.4, -0.2) is 23.5 Å². The summed E-state index contributed by atoms with van der Waals surface area (Å²) in [5, 5.41) is 11.4. The molecular weight excluding hydrogens is 261 g/mol. The van der Waals surface area contributed by atoms with Crippen LogP contribution in [0.3, 0.4) is 0 Å². The molecule has 0 saturated heterocycles. The Morgan fingerprint density at radius 1 is 1.25 bits per heavy atom. The van der Waals surface area contributed by atoms with Crippen molar-refractivity contribution in [3.8, 4) is 0 Å². The zero-order valence-corrected chi connectivity index (χ0v) is 11.8. The van der Waals surface area contributed by atoms with Gasteiger partial charge in [-0.15, -0.1) is 0 Å². The van der Waals surface area contributed by atoms with Gasteiger partial charge in [-0.25, -0.2) is 9.18 Å². The van der Waals surface area contributed by atoms with Crippen LogP contribution in [0.25, 0.3) is 0 Å². The summed E-state index contributed by atoms with van der Waals surface area (Å²) < 4.78 is 12.9. The van der Waals surface area contributed by atoms with Crippen LogP contribution >= 0.6 is 0 Å². The first-order chi connectivity index (χ1) is 9.32. The molecule has 1 rings (SSSR count). The van der Waals surface area contributed by atoms with Crippen molar-refractivity contribution in [2.45, 2.75) is 27.2 Å². The Balaban J connectivity index is 2.59. The minimum absolute atomic E-state index is 0.0282. The maximum Gasteiger partial charge on any atom is 0.331 e. The Morgan fingerprint density at radius 3 is 2.45 bits per heavy atom. The molecule has 20 heavy (non-hydrogen) atoms. The second-order valence-electron chi connectivity index (χ2n) is 4.63. The molecule has 0 fully saturated rings. The average Bonchev–Trinajstić information content (AvgIpc) is 2.39. The number of benzene rings is 1. The summed E-state index contributed by atoms with van der Waals surface area (Å²) in [6.45, 7) is 5.04. The third-order valence-electron chi connectivity index (χ3n) is 3.21. The molecule has 0 aliphatic rings. The number of hydrogen-bond donors (Lipinski definition) is 2. The van der Waals surface area contributed by atoms with Gasteiger partial charge in [0.05, 0.1) is 0 Å². The zero-order valence-electron chi connectivity index (χ0n) is 11.8. The number of hydrogen-bond acceptors (Lipinski definition) is 2. The summed E-state index contributed by atoms with van der Waals surface area (Å²) in [5.74, 6) is -1.79.